The Morgan fingerprint density at radius 1 is 1.32 bits per heavy atom. The molecule has 0 fully saturated rings. The molecule has 1 aromatic carbocycles. The summed E-state index contributed by atoms with van der Waals surface area (Å²) >= 11 is 6.73. The highest BCUT2D eigenvalue weighted by molar-refractivity contribution is 7.71. The zero-order valence-corrected chi connectivity index (χ0v) is 11.4. The summed E-state index contributed by atoms with van der Waals surface area (Å²) in [6.07, 6.45) is 1.62. The molecule has 0 radical (unpaired) electrons. The molecule has 2 aromatic heterocycles. The molecule has 6 heteroatoms. The van der Waals surface area contributed by atoms with Gasteiger partial charge in [-0.1, -0.05) is 12.1 Å². The Kier molecular flexibility index (Phi) is 3.10. The van der Waals surface area contributed by atoms with Crippen molar-refractivity contribution in [2.75, 3.05) is 0 Å². The van der Waals surface area contributed by atoms with Crippen molar-refractivity contribution >= 4 is 40.7 Å². The second-order valence-electron chi connectivity index (χ2n) is 3.89. The molecular weight excluding hydrogens is 278 g/mol. The molecule has 1 N–H and O–H groups in total. The zero-order valence-electron chi connectivity index (χ0n) is 9.74. The summed E-state index contributed by atoms with van der Waals surface area (Å²) in [6, 6.07) is 9.16. The molecule has 0 bridgehead atoms. The van der Waals surface area contributed by atoms with Crippen molar-refractivity contribution in [1.29, 1.82) is 0 Å². The van der Waals surface area contributed by atoms with Gasteiger partial charge in [-0.3, -0.25) is 4.79 Å². The van der Waals surface area contributed by atoms with Crippen LogP contribution in [0, 0.1) is 4.77 Å². The van der Waals surface area contributed by atoms with Gasteiger partial charge in [0.05, 0.1) is 17.1 Å². The lowest BCUT2D eigenvalue weighted by Crippen LogP contribution is -2.18. The van der Waals surface area contributed by atoms with E-state index < -0.39 is 0 Å². The van der Waals surface area contributed by atoms with Crippen LogP contribution in [0.15, 0.2) is 51.0 Å². The Labute approximate surface area is 117 Å². The minimum Gasteiger partial charge on any atom is -0.330 e. The number of thiophene rings is 1. The number of aromatic amines is 1. The normalized spacial score (nSPS) is 11.4. The van der Waals surface area contributed by atoms with Gasteiger partial charge in [-0.2, -0.15) is 21.1 Å². The van der Waals surface area contributed by atoms with Crippen molar-refractivity contribution < 1.29 is 0 Å². The maximum atomic E-state index is 12.3. The van der Waals surface area contributed by atoms with Gasteiger partial charge in [0, 0.05) is 5.56 Å². The number of benzene rings is 1. The molecule has 0 spiro atoms. The van der Waals surface area contributed by atoms with Crippen LogP contribution in [0.4, 0.5) is 0 Å². The van der Waals surface area contributed by atoms with Crippen LogP contribution in [-0.4, -0.2) is 15.9 Å². The van der Waals surface area contributed by atoms with Crippen molar-refractivity contribution in [3.63, 3.8) is 0 Å². The van der Waals surface area contributed by atoms with Gasteiger partial charge in [0.15, 0.2) is 0 Å². The maximum Gasteiger partial charge on any atom is 0.282 e. The van der Waals surface area contributed by atoms with Gasteiger partial charge in [-0.25, -0.2) is 0 Å². The van der Waals surface area contributed by atoms with Crippen molar-refractivity contribution in [3.05, 3.63) is 61.8 Å². The van der Waals surface area contributed by atoms with Crippen molar-refractivity contribution in [2.45, 2.75) is 0 Å². The number of aromatic nitrogens is 2. The van der Waals surface area contributed by atoms with E-state index in [1.165, 1.54) is 4.68 Å². The SMILES string of the molecule is O=c1c2ccccc2[nH]c(=S)n1/N=C\c1ccsc1. The van der Waals surface area contributed by atoms with Crippen LogP contribution >= 0.6 is 23.6 Å². The minimum atomic E-state index is -0.217. The molecular formula is C13H9N3OS2. The van der Waals surface area contributed by atoms with Gasteiger partial charge in [-0.05, 0) is 41.2 Å². The molecule has 0 aliphatic heterocycles. The first kappa shape index (κ1) is 12.0. The van der Waals surface area contributed by atoms with Crippen LogP contribution in [0.25, 0.3) is 10.9 Å². The van der Waals surface area contributed by atoms with Crippen molar-refractivity contribution in [2.24, 2.45) is 5.10 Å². The van der Waals surface area contributed by atoms with E-state index in [-0.39, 0.29) is 10.3 Å². The number of nitrogens with zero attached hydrogens (tertiary/aromatic N) is 2. The highest BCUT2D eigenvalue weighted by Crippen LogP contribution is 2.06. The Morgan fingerprint density at radius 2 is 2.16 bits per heavy atom. The molecule has 19 heavy (non-hydrogen) atoms. The average Bonchev–Trinajstić information content (AvgIpc) is 2.92. The third-order valence-electron chi connectivity index (χ3n) is 2.65. The molecule has 94 valence electrons. The third-order valence-corrected chi connectivity index (χ3v) is 3.63. The van der Waals surface area contributed by atoms with E-state index in [0.717, 1.165) is 11.1 Å². The molecule has 0 unspecified atom stereocenters. The first-order valence-corrected chi connectivity index (χ1v) is 6.91. The Hall–Kier alpha value is -2.05. The van der Waals surface area contributed by atoms with Crippen LogP contribution < -0.4 is 5.56 Å². The second kappa shape index (κ2) is 4.91. The summed E-state index contributed by atoms with van der Waals surface area (Å²) in [5.41, 5.74) is 1.45. The molecule has 0 aliphatic rings. The summed E-state index contributed by atoms with van der Waals surface area (Å²) in [6.45, 7) is 0. The molecule has 2 heterocycles. The Balaban J connectivity index is 2.19. The van der Waals surface area contributed by atoms with E-state index in [0.29, 0.717) is 5.39 Å². The maximum absolute atomic E-state index is 12.3. The molecule has 0 saturated heterocycles. The number of rotatable bonds is 2. The van der Waals surface area contributed by atoms with E-state index in [1.54, 1.807) is 23.6 Å². The van der Waals surface area contributed by atoms with Crippen LogP contribution in [0.1, 0.15) is 5.56 Å². The number of para-hydroxylation sites is 1. The first-order valence-electron chi connectivity index (χ1n) is 5.56. The topological polar surface area (TPSA) is 50.1 Å². The molecule has 0 amide bonds. The zero-order chi connectivity index (χ0) is 13.2. The summed E-state index contributed by atoms with van der Waals surface area (Å²) in [4.78, 5) is 15.3. The van der Waals surface area contributed by atoms with E-state index in [2.05, 4.69) is 10.1 Å². The number of fused-ring (bicyclic) bond motifs is 1. The van der Waals surface area contributed by atoms with Crippen molar-refractivity contribution in [1.82, 2.24) is 9.66 Å². The smallest absolute Gasteiger partial charge is 0.282 e. The lowest BCUT2D eigenvalue weighted by molar-refractivity contribution is 0.800. The van der Waals surface area contributed by atoms with Gasteiger partial charge < -0.3 is 4.98 Å². The van der Waals surface area contributed by atoms with Gasteiger partial charge in [0.25, 0.3) is 5.56 Å². The highest BCUT2D eigenvalue weighted by atomic mass is 32.1. The molecule has 0 aliphatic carbocycles. The van der Waals surface area contributed by atoms with Crippen LogP contribution in [0.5, 0.6) is 0 Å². The van der Waals surface area contributed by atoms with E-state index in [1.807, 2.05) is 35.0 Å². The van der Waals surface area contributed by atoms with Gasteiger partial charge in [0.2, 0.25) is 4.77 Å². The van der Waals surface area contributed by atoms with Crippen LogP contribution in [-0.2, 0) is 0 Å². The van der Waals surface area contributed by atoms with Crippen molar-refractivity contribution in [3.8, 4) is 0 Å². The number of hydrogen-bond acceptors (Lipinski definition) is 4. The van der Waals surface area contributed by atoms with Crippen LogP contribution in [0.2, 0.25) is 0 Å². The fourth-order valence-electron chi connectivity index (χ4n) is 1.73. The third kappa shape index (κ3) is 2.27. The second-order valence-corrected chi connectivity index (χ2v) is 5.06. The minimum absolute atomic E-state index is 0.217. The molecule has 0 atom stereocenters. The van der Waals surface area contributed by atoms with E-state index in [4.69, 9.17) is 12.2 Å². The summed E-state index contributed by atoms with van der Waals surface area (Å²) in [7, 11) is 0. The quantitative estimate of drug-likeness (QED) is 0.582. The molecule has 3 aromatic rings. The largest absolute Gasteiger partial charge is 0.330 e. The fraction of sp³-hybridized carbons (Fsp3) is 0. The fourth-order valence-corrected chi connectivity index (χ4v) is 2.58. The first-order chi connectivity index (χ1) is 9.25. The summed E-state index contributed by atoms with van der Waals surface area (Å²) in [5.74, 6) is 0. The van der Waals surface area contributed by atoms with E-state index >= 15 is 0 Å². The van der Waals surface area contributed by atoms with E-state index in [9.17, 15) is 4.79 Å². The highest BCUT2D eigenvalue weighted by Gasteiger charge is 2.03. The number of nitrogens with one attached hydrogen (secondary N) is 1. The number of H-pyrrole nitrogens is 1. The average molecular weight is 287 g/mol. The van der Waals surface area contributed by atoms with Crippen LogP contribution in [0.3, 0.4) is 0 Å². The van der Waals surface area contributed by atoms with Gasteiger partial charge >= 0.3 is 0 Å². The summed E-state index contributed by atoms with van der Waals surface area (Å²) in [5, 5.41) is 8.61. The lowest BCUT2D eigenvalue weighted by atomic mass is 10.2. The summed E-state index contributed by atoms with van der Waals surface area (Å²) < 4.78 is 1.49. The standard InChI is InChI=1S/C13H9N3OS2/c17-12-10-3-1-2-4-11(10)15-13(18)16(12)14-7-9-5-6-19-8-9/h1-8H,(H,15,18)/b14-7-. The monoisotopic (exact) mass is 287 g/mol. The van der Waals surface area contributed by atoms with Gasteiger partial charge in [0.1, 0.15) is 0 Å². The molecule has 4 nitrogen and oxygen atoms in total. The predicted molar refractivity (Wildman–Crippen MR) is 80.7 cm³/mol. The Morgan fingerprint density at radius 3 is 2.95 bits per heavy atom. The van der Waals surface area contributed by atoms with Gasteiger partial charge in [-0.15, -0.1) is 0 Å². The number of hydrogen-bond donors (Lipinski definition) is 1. The lowest BCUT2D eigenvalue weighted by Gasteiger charge is -2.01. The molecule has 0 saturated carbocycles. The molecule has 3 rings (SSSR count). The predicted octanol–water partition coefficient (Wildman–Crippen LogP) is 3.00. The Bertz CT molecular complexity index is 859.